The fraction of sp³-hybridized carbons (Fsp3) is 0.556. The second-order valence-electron chi connectivity index (χ2n) is 7.01. The number of nitro benzene ring substituents is 1. The summed E-state index contributed by atoms with van der Waals surface area (Å²) in [4.78, 5) is 27.5. The maximum absolute atomic E-state index is 12.6. The number of rotatable bonds is 4. The van der Waals surface area contributed by atoms with Gasteiger partial charge in [-0.3, -0.25) is 14.7 Å². The van der Waals surface area contributed by atoms with Gasteiger partial charge in [0.05, 0.1) is 16.1 Å². The topological polar surface area (TPSA) is 78.0 Å². The molecule has 0 saturated heterocycles. The van der Waals surface area contributed by atoms with E-state index >= 15 is 0 Å². The molecule has 3 rings (SSSR count). The number of hydrogen-bond acceptors (Lipinski definition) is 4. The lowest BCUT2D eigenvalue weighted by Gasteiger charge is -2.23. The summed E-state index contributed by atoms with van der Waals surface area (Å²) < 4.78 is 1.71. The molecule has 0 spiro atoms. The molecule has 0 atom stereocenters. The quantitative estimate of drug-likeness (QED) is 0.627. The first-order valence-electron chi connectivity index (χ1n) is 8.66. The fourth-order valence-corrected chi connectivity index (χ4v) is 3.65. The van der Waals surface area contributed by atoms with E-state index in [2.05, 4.69) is 4.98 Å². The first-order chi connectivity index (χ1) is 11.5. The minimum absolute atomic E-state index is 0.0338. The molecule has 1 heterocycles. The van der Waals surface area contributed by atoms with Gasteiger partial charge in [-0.1, -0.05) is 33.1 Å². The summed E-state index contributed by atoms with van der Waals surface area (Å²) >= 11 is 0. The molecule has 1 aromatic carbocycles. The van der Waals surface area contributed by atoms with Crippen molar-refractivity contribution >= 4 is 16.6 Å². The Kier molecular flexibility index (Phi) is 4.64. The highest BCUT2D eigenvalue weighted by Crippen LogP contribution is 2.29. The highest BCUT2D eigenvalue weighted by atomic mass is 16.6. The second-order valence-corrected chi connectivity index (χ2v) is 7.01. The smallest absolute Gasteiger partial charge is 0.292 e. The van der Waals surface area contributed by atoms with Gasteiger partial charge in [0.25, 0.3) is 5.69 Å². The van der Waals surface area contributed by atoms with Crippen molar-refractivity contribution in [1.29, 1.82) is 0 Å². The summed E-state index contributed by atoms with van der Waals surface area (Å²) in [6, 6.07) is 4.73. The third-order valence-electron chi connectivity index (χ3n) is 4.92. The molecule has 2 aromatic rings. The lowest BCUT2D eigenvalue weighted by atomic mass is 9.89. The monoisotopic (exact) mass is 329 g/mol. The van der Waals surface area contributed by atoms with E-state index in [0.29, 0.717) is 18.2 Å². The van der Waals surface area contributed by atoms with E-state index in [1.54, 1.807) is 16.7 Å². The standard InChI is InChI=1S/C18H23N3O3/c1-12(2)17-15-10-14(21(23)24)8-9-16(15)20(18(22)19-17)11-13-6-4-3-5-7-13/h8-10,12-13H,3-7,11H2,1-2H3. The van der Waals surface area contributed by atoms with Crippen LogP contribution in [0.2, 0.25) is 0 Å². The van der Waals surface area contributed by atoms with Crippen LogP contribution in [0.4, 0.5) is 5.69 Å². The minimum Gasteiger partial charge on any atom is -0.292 e. The SMILES string of the molecule is CC(C)c1nc(=O)n(CC2CCCCC2)c2ccc([N+](=O)[O-])cc12. The normalized spacial score (nSPS) is 16.0. The zero-order valence-electron chi connectivity index (χ0n) is 14.2. The van der Waals surface area contributed by atoms with E-state index in [1.165, 1.54) is 25.3 Å². The van der Waals surface area contributed by atoms with Crippen molar-refractivity contribution in [3.05, 3.63) is 44.5 Å². The van der Waals surface area contributed by atoms with Crippen LogP contribution in [0.3, 0.4) is 0 Å². The molecule has 128 valence electrons. The Bertz CT molecular complexity index is 820. The van der Waals surface area contributed by atoms with Crippen LogP contribution in [0.25, 0.3) is 10.9 Å². The molecule has 0 bridgehead atoms. The molecule has 6 nitrogen and oxygen atoms in total. The molecular formula is C18H23N3O3. The molecule has 0 radical (unpaired) electrons. The van der Waals surface area contributed by atoms with Gasteiger partial charge in [0.15, 0.2) is 0 Å². The number of aromatic nitrogens is 2. The van der Waals surface area contributed by atoms with Crippen LogP contribution in [-0.4, -0.2) is 14.5 Å². The summed E-state index contributed by atoms with van der Waals surface area (Å²) in [6.07, 6.45) is 5.95. The predicted octanol–water partition coefficient (Wildman–Crippen LogP) is 4.01. The van der Waals surface area contributed by atoms with Crippen LogP contribution in [0, 0.1) is 16.0 Å². The summed E-state index contributed by atoms with van der Waals surface area (Å²) in [6.45, 7) is 4.55. The van der Waals surface area contributed by atoms with Crippen molar-refractivity contribution in [3.63, 3.8) is 0 Å². The van der Waals surface area contributed by atoms with Crippen LogP contribution >= 0.6 is 0 Å². The van der Waals surface area contributed by atoms with Crippen LogP contribution in [0.15, 0.2) is 23.0 Å². The molecule has 0 aliphatic heterocycles. The van der Waals surface area contributed by atoms with Crippen molar-refractivity contribution in [2.45, 2.75) is 58.4 Å². The Hall–Kier alpha value is -2.24. The maximum Gasteiger partial charge on any atom is 0.348 e. The number of non-ortho nitro benzene ring substituents is 1. The number of hydrogen-bond donors (Lipinski definition) is 0. The van der Waals surface area contributed by atoms with Crippen LogP contribution < -0.4 is 5.69 Å². The molecule has 0 amide bonds. The molecule has 1 saturated carbocycles. The fourth-order valence-electron chi connectivity index (χ4n) is 3.65. The van der Waals surface area contributed by atoms with Crippen LogP contribution in [-0.2, 0) is 6.54 Å². The first kappa shape index (κ1) is 16.6. The average Bonchev–Trinajstić information content (AvgIpc) is 2.57. The van der Waals surface area contributed by atoms with E-state index < -0.39 is 4.92 Å². The first-order valence-corrected chi connectivity index (χ1v) is 8.66. The third-order valence-corrected chi connectivity index (χ3v) is 4.92. The van der Waals surface area contributed by atoms with Gasteiger partial charge in [-0.15, -0.1) is 0 Å². The Morgan fingerprint density at radius 1 is 1.29 bits per heavy atom. The highest BCUT2D eigenvalue weighted by Gasteiger charge is 2.20. The van der Waals surface area contributed by atoms with Gasteiger partial charge >= 0.3 is 5.69 Å². The molecular weight excluding hydrogens is 306 g/mol. The van der Waals surface area contributed by atoms with Crippen molar-refractivity contribution < 1.29 is 4.92 Å². The van der Waals surface area contributed by atoms with Gasteiger partial charge in [0, 0.05) is 24.1 Å². The summed E-state index contributed by atoms with van der Waals surface area (Å²) in [5, 5.41) is 11.8. The zero-order valence-corrected chi connectivity index (χ0v) is 14.2. The molecule has 1 aliphatic carbocycles. The van der Waals surface area contributed by atoms with Gasteiger partial charge in [0.1, 0.15) is 0 Å². The van der Waals surface area contributed by atoms with E-state index in [4.69, 9.17) is 0 Å². The van der Waals surface area contributed by atoms with Crippen LogP contribution in [0.1, 0.15) is 57.6 Å². The molecule has 1 fully saturated rings. The number of benzene rings is 1. The van der Waals surface area contributed by atoms with Gasteiger partial charge in [-0.25, -0.2) is 4.79 Å². The Balaban J connectivity index is 2.14. The lowest BCUT2D eigenvalue weighted by Crippen LogP contribution is -2.29. The lowest BCUT2D eigenvalue weighted by molar-refractivity contribution is -0.384. The van der Waals surface area contributed by atoms with E-state index in [9.17, 15) is 14.9 Å². The largest absolute Gasteiger partial charge is 0.348 e. The molecule has 6 heteroatoms. The minimum atomic E-state index is -0.403. The molecule has 1 aliphatic rings. The molecule has 1 aromatic heterocycles. The Labute approximate surface area is 140 Å². The van der Waals surface area contributed by atoms with Crippen molar-refractivity contribution in [1.82, 2.24) is 9.55 Å². The van der Waals surface area contributed by atoms with E-state index in [1.807, 2.05) is 13.8 Å². The third kappa shape index (κ3) is 3.18. The van der Waals surface area contributed by atoms with E-state index in [0.717, 1.165) is 23.7 Å². The number of fused-ring (bicyclic) bond motifs is 1. The van der Waals surface area contributed by atoms with Gasteiger partial charge in [-0.2, -0.15) is 4.98 Å². The Morgan fingerprint density at radius 3 is 2.62 bits per heavy atom. The van der Waals surface area contributed by atoms with Gasteiger partial charge < -0.3 is 0 Å². The van der Waals surface area contributed by atoms with Gasteiger partial charge in [-0.05, 0) is 30.7 Å². The summed E-state index contributed by atoms with van der Waals surface area (Å²) in [5.41, 5.74) is 1.19. The average molecular weight is 329 g/mol. The van der Waals surface area contributed by atoms with E-state index in [-0.39, 0.29) is 17.3 Å². The molecule has 24 heavy (non-hydrogen) atoms. The highest BCUT2D eigenvalue weighted by molar-refractivity contribution is 5.84. The van der Waals surface area contributed by atoms with Crippen molar-refractivity contribution in [2.75, 3.05) is 0 Å². The second kappa shape index (κ2) is 6.71. The maximum atomic E-state index is 12.6. The number of nitro groups is 1. The molecule has 0 unspecified atom stereocenters. The number of nitrogens with zero attached hydrogens (tertiary/aromatic N) is 3. The summed E-state index contributed by atoms with van der Waals surface area (Å²) in [7, 11) is 0. The van der Waals surface area contributed by atoms with Crippen molar-refractivity contribution in [3.8, 4) is 0 Å². The van der Waals surface area contributed by atoms with Crippen molar-refractivity contribution in [2.24, 2.45) is 5.92 Å². The summed E-state index contributed by atoms with van der Waals surface area (Å²) in [5.74, 6) is 0.521. The predicted molar refractivity (Wildman–Crippen MR) is 93.3 cm³/mol. The van der Waals surface area contributed by atoms with Gasteiger partial charge in [0.2, 0.25) is 0 Å². The zero-order chi connectivity index (χ0) is 17.3. The molecule has 0 N–H and O–H groups in total. The Morgan fingerprint density at radius 2 is 2.00 bits per heavy atom. The van der Waals surface area contributed by atoms with Crippen LogP contribution in [0.5, 0.6) is 0 Å².